The van der Waals surface area contributed by atoms with Gasteiger partial charge in [-0.05, 0) is 50.7 Å². The van der Waals surface area contributed by atoms with E-state index in [1.165, 1.54) is 6.92 Å². The Labute approximate surface area is 202 Å². The molecule has 0 bridgehead atoms. The maximum absolute atomic E-state index is 13.9. The second-order valence-electron chi connectivity index (χ2n) is 10.4. The van der Waals surface area contributed by atoms with Crippen molar-refractivity contribution >= 4 is 23.5 Å². The van der Waals surface area contributed by atoms with Crippen molar-refractivity contribution in [3.8, 4) is 0 Å². The Morgan fingerprint density at radius 3 is 2.38 bits per heavy atom. The van der Waals surface area contributed by atoms with Gasteiger partial charge in [0.15, 0.2) is 5.60 Å². The van der Waals surface area contributed by atoms with Crippen LogP contribution in [0.3, 0.4) is 0 Å². The molecule has 0 aromatic carbocycles. The molecule has 2 aliphatic carbocycles. The number of rotatable bonds is 3. The van der Waals surface area contributed by atoms with E-state index in [9.17, 15) is 24.3 Å². The molecule has 7 nitrogen and oxygen atoms in total. The van der Waals surface area contributed by atoms with Crippen LogP contribution in [0.25, 0.3) is 0 Å². The van der Waals surface area contributed by atoms with Gasteiger partial charge in [0, 0.05) is 30.8 Å². The highest BCUT2D eigenvalue weighted by Gasteiger charge is 2.63. The van der Waals surface area contributed by atoms with Crippen LogP contribution in [0.15, 0.2) is 35.5 Å². The van der Waals surface area contributed by atoms with Gasteiger partial charge in [0.25, 0.3) is 0 Å². The Kier molecular flexibility index (Phi) is 8.46. The highest BCUT2D eigenvalue weighted by molar-refractivity contribution is 6.03. The van der Waals surface area contributed by atoms with Gasteiger partial charge in [0.05, 0.1) is 12.0 Å². The number of allylic oxidation sites excluding steroid dienone is 2. The number of carbonyl (C=O) groups excluding carboxylic acids is 4. The quantitative estimate of drug-likeness (QED) is 0.374. The minimum atomic E-state index is -1.73. The number of fused-ring (bicyclic) bond motifs is 1. The van der Waals surface area contributed by atoms with E-state index in [-0.39, 0.29) is 31.0 Å². The third-order valence-electron chi connectivity index (χ3n) is 7.25. The van der Waals surface area contributed by atoms with E-state index in [0.717, 1.165) is 0 Å². The Bertz CT molecular complexity index is 939. The molecule has 34 heavy (non-hydrogen) atoms. The smallest absolute Gasteiger partial charge is 0.333 e. The average Bonchev–Trinajstić information content (AvgIpc) is 3.03. The van der Waals surface area contributed by atoms with Gasteiger partial charge in [-0.15, -0.1) is 0 Å². The summed E-state index contributed by atoms with van der Waals surface area (Å²) in [6.45, 7) is 15.6. The summed E-state index contributed by atoms with van der Waals surface area (Å²) >= 11 is 0. The van der Waals surface area contributed by atoms with E-state index in [1.54, 1.807) is 39.8 Å². The molecule has 188 valence electrons. The lowest BCUT2D eigenvalue weighted by Crippen LogP contribution is -2.54. The van der Waals surface area contributed by atoms with Crippen molar-refractivity contribution < 1.29 is 33.8 Å². The molecule has 1 N–H and O–H groups in total. The second kappa shape index (κ2) is 10.4. The molecule has 0 aromatic rings. The van der Waals surface area contributed by atoms with Crippen molar-refractivity contribution in [2.75, 3.05) is 0 Å². The molecule has 7 heteroatoms. The predicted octanol–water partition coefficient (Wildman–Crippen LogP) is 4.03. The minimum absolute atomic E-state index is 0.00403. The monoisotopic (exact) mass is 474 g/mol. The third-order valence-corrected chi connectivity index (χ3v) is 7.25. The molecule has 0 aromatic heterocycles. The SMILES string of the molecule is C=C1CCC(=O)C(C)(C)CC=C(C)C(=O)C2(OC(C)=O)CC(C)C(OC(=O)C(C)=CC)C2C1O. The predicted molar refractivity (Wildman–Crippen MR) is 128 cm³/mol. The topological polar surface area (TPSA) is 107 Å². The molecule has 2 aliphatic rings. The number of Topliss-reactive ketones (excluding diaryl/α,β-unsaturated/α-hetero) is 2. The van der Waals surface area contributed by atoms with Gasteiger partial charge in [-0.3, -0.25) is 14.4 Å². The van der Waals surface area contributed by atoms with E-state index in [0.29, 0.717) is 23.1 Å². The van der Waals surface area contributed by atoms with Crippen molar-refractivity contribution in [1.82, 2.24) is 0 Å². The van der Waals surface area contributed by atoms with Gasteiger partial charge >= 0.3 is 11.9 Å². The Morgan fingerprint density at radius 2 is 1.82 bits per heavy atom. The van der Waals surface area contributed by atoms with Gasteiger partial charge in [0.1, 0.15) is 11.9 Å². The van der Waals surface area contributed by atoms with E-state index >= 15 is 0 Å². The van der Waals surface area contributed by atoms with Crippen LogP contribution in [-0.4, -0.2) is 46.4 Å². The zero-order chi connectivity index (χ0) is 26.0. The largest absolute Gasteiger partial charge is 0.458 e. The summed E-state index contributed by atoms with van der Waals surface area (Å²) in [4.78, 5) is 51.6. The van der Waals surface area contributed by atoms with Crippen LogP contribution >= 0.6 is 0 Å². The molecular weight excluding hydrogens is 436 g/mol. The fraction of sp³-hybridized carbons (Fsp3) is 0.630. The average molecular weight is 475 g/mol. The van der Waals surface area contributed by atoms with E-state index in [1.807, 2.05) is 13.8 Å². The maximum atomic E-state index is 13.9. The molecule has 2 rings (SSSR count). The van der Waals surface area contributed by atoms with Crippen molar-refractivity contribution in [2.45, 2.75) is 92.0 Å². The first-order chi connectivity index (χ1) is 15.7. The lowest BCUT2D eigenvalue weighted by molar-refractivity contribution is -0.177. The van der Waals surface area contributed by atoms with Crippen LogP contribution < -0.4 is 0 Å². The summed E-state index contributed by atoms with van der Waals surface area (Å²) in [5.74, 6) is -3.16. The molecule has 0 saturated heterocycles. The van der Waals surface area contributed by atoms with Crippen molar-refractivity contribution in [3.05, 3.63) is 35.5 Å². The molecule has 0 heterocycles. The number of esters is 2. The molecule has 5 atom stereocenters. The lowest BCUT2D eigenvalue weighted by atomic mass is 9.74. The van der Waals surface area contributed by atoms with Crippen LogP contribution in [-0.2, 0) is 28.7 Å². The summed E-state index contributed by atoms with van der Waals surface area (Å²) in [7, 11) is 0. The van der Waals surface area contributed by atoms with Gasteiger partial charge in [-0.2, -0.15) is 0 Å². The summed E-state index contributed by atoms with van der Waals surface area (Å²) in [5, 5.41) is 11.4. The van der Waals surface area contributed by atoms with Gasteiger partial charge in [0.2, 0.25) is 5.78 Å². The van der Waals surface area contributed by atoms with E-state index < -0.39 is 46.9 Å². The molecule has 0 aliphatic heterocycles. The summed E-state index contributed by atoms with van der Waals surface area (Å²) in [5.41, 5.74) is -1.39. The van der Waals surface area contributed by atoms with E-state index in [4.69, 9.17) is 9.47 Å². The van der Waals surface area contributed by atoms with Crippen LogP contribution in [0.5, 0.6) is 0 Å². The zero-order valence-corrected chi connectivity index (χ0v) is 21.4. The van der Waals surface area contributed by atoms with Gasteiger partial charge < -0.3 is 14.6 Å². The molecule has 0 radical (unpaired) electrons. The molecule has 0 amide bonds. The number of aliphatic hydroxyl groups is 1. The number of ketones is 2. The van der Waals surface area contributed by atoms with E-state index in [2.05, 4.69) is 6.58 Å². The second-order valence-corrected chi connectivity index (χ2v) is 10.4. The summed E-state index contributed by atoms with van der Waals surface area (Å²) in [6, 6.07) is 0. The van der Waals surface area contributed by atoms with Crippen LogP contribution in [0, 0.1) is 17.3 Å². The number of hydrogen-bond donors (Lipinski definition) is 1. The fourth-order valence-corrected chi connectivity index (χ4v) is 4.93. The molecule has 1 saturated carbocycles. The Balaban J connectivity index is 2.71. The third kappa shape index (κ3) is 5.40. The Morgan fingerprint density at radius 1 is 1.21 bits per heavy atom. The van der Waals surface area contributed by atoms with Crippen LogP contribution in [0.4, 0.5) is 0 Å². The molecule has 1 fully saturated rings. The standard InChI is InChI=1S/C27H38O7/c1-9-15(2)25(32)33-23-18(5)14-27(34-19(6)28)21(23)22(30)16(3)10-11-20(29)26(7,8)13-12-17(4)24(27)31/h9,12,18,21-23,30H,3,10-11,13-14H2,1-2,4-8H3. The maximum Gasteiger partial charge on any atom is 0.333 e. The molecule has 5 unspecified atom stereocenters. The molecular formula is C27H38O7. The Hall–Kier alpha value is -2.54. The van der Waals surface area contributed by atoms with Gasteiger partial charge in [-0.1, -0.05) is 39.5 Å². The zero-order valence-electron chi connectivity index (χ0n) is 21.4. The number of ether oxygens (including phenoxy) is 2. The normalized spacial score (nSPS) is 32.8. The van der Waals surface area contributed by atoms with Crippen molar-refractivity contribution in [1.29, 1.82) is 0 Å². The van der Waals surface area contributed by atoms with Crippen molar-refractivity contribution in [3.63, 3.8) is 0 Å². The number of hydrogen-bond acceptors (Lipinski definition) is 7. The molecule has 0 spiro atoms. The highest BCUT2D eigenvalue weighted by Crippen LogP contribution is 2.49. The highest BCUT2D eigenvalue weighted by atomic mass is 16.6. The van der Waals surface area contributed by atoms with Crippen LogP contribution in [0.1, 0.15) is 74.1 Å². The van der Waals surface area contributed by atoms with Crippen LogP contribution in [0.2, 0.25) is 0 Å². The fourth-order valence-electron chi connectivity index (χ4n) is 4.93. The number of aliphatic hydroxyl groups excluding tert-OH is 1. The first kappa shape index (κ1) is 27.7. The summed E-state index contributed by atoms with van der Waals surface area (Å²) < 4.78 is 11.5. The lowest BCUT2D eigenvalue weighted by Gasteiger charge is -2.39. The van der Waals surface area contributed by atoms with Crippen molar-refractivity contribution in [2.24, 2.45) is 17.3 Å². The first-order valence-corrected chi connectivity index (χ1v) is 11.8. The minimum Gasteiger partial charge on any atom is -0.458 e. The van der Waals surface area contributed by atoms with Gasteiger partial charge in [-0.25, -0.2) is 4.79 Å². The number of carbonyl (C=O) groups is 4. The first-order valence-electron chi connectivity index (χ1n) is 11.8. The summed E-state index contributed by atoms with van der Waals surface area (Å²) in [6.07, 6.45) is 1.88.